The lowest BCUT2D eigenvalue weighted by Gasteiger charge is -2.08. The van der Waals surface area contributed by atoms with Crippen LogP contribution in [0.4, 0.5) is 5.69 Å². The van der Waals surface area contributed by atoms with E-state index in [-0.39, 0.29) is 5.56 Å². The lowest BCUT2D eigenvalue weighted by Crippen LogP contribution is -2.20. The molecular formula is C27H24N4OS. The summed E-state index contributed by atoms with van der Waals surface area (Å²) in [4.78, 5) is 19.0. The summed E-state index contributed by atoms with van der Waals surface area (Å²) < 4.78 is 5.62. The van der Waals surface area contributed by atoms with Crippen LogP contribution in [0.5, 0.6) is 0 Å². The van der Waals surface area contributed by atoms with Gasteiger partial charge in [-0.15, -0.1) is 17.9 Å². The van der Waals surface area contributed by atoms with Gasteiger partial charge in [0.2, 0.25) is 0 Å². The Hall–Kier alpha value is -3.90. The minimum absolute atomic E-state index is 0.132. The standard InChI is InChI=1S/C27H24N4OS/c1-4-16-30-24(22-15-14-20-10-8-9-11-21(20)17-22)18-33-27(30)28-25-19(2)29(3)31(26(25)32)23-12-6-5-7-13-23/h4-15,17-18H,1,16H2,2-3H3. The van der Waals surface area contributed by atoms with Crippen molar-refractivity contribution in [1.82, 2.24) is 13.9 Å². The first-order chi connectivity index (χ1) is 16.1. The molecule has 3 aromatic carbocycles. The summed E-state index contributed by atoms with van der Waals surface area (Å²) in [5.41, 5.74) is 4.12. The number of nitrogens with zero attached hydrogens (tertiary/aromatic N) is 4. The third-order valence-electron chi connectivity index (χ3n) is 5.89. The third kappa shape index (κ3) is 3.68. The Balaban J connectivity index is 1.68. The number of rotatable bonds is 5. The molecule has 0 amide bonds. The van der Waals surface area contributed by atoms with E-state index in [2.05, 4.69) is 46.9 Å². The highest BCUT2D eigenvalue weighted by molar-refractivity contribution is 7.07. The van der Waals surface area contributed by atoms with E-state index in [0.717, 1.165) is 27.4 Å². The summed E-state index contributed by atoms with van der Waals surface area (Å²) in [5, 5.41) is 4.49. The molecule has 33 heavy (non-hydrogen) atoms. The summed E-state index contributed by atoms with van der Waals surface area (Å²) in [6.07, 6.45) is 1.86. The first-order valence-corrected chi connectivity index (χ1v) is 11.6. The van der Waals surface area contributed by atoms with Crippen molar-refractivity contribution in [2.75, 3.05) is 0 Å². The monoisotopic (exact) mass is 452 g/mol. The van der Waals surface area contributed by atoms with Gasteiger partial charge in [0.25, 0.3) is 5.56 Å². The molecule has 5 aromatic rings. The van der Waals surface area contributed by atoms with Gasteiger partial charge in [-0.25, -0.2) is 9.67 Å². The molecule has 0 aliphatic carbocycles. The molecule has 0 radical (unpaired) electrons. The van der Waals surface area contributed by atoms with Crippen LogP contribution in [0.3, 0.4) is 0 Å². The molecule has 0 atom stereocenters. The Bertz CT molecular complexity index is 1600. The van der Waals surface area contributed by atoms with Crippen LogP contribution in [0.15, 0.2) is 101 Å². The van der Waals surface area contributed by atoms with Gasteiger partial charge in [-0.05, 0) is 41.5 Å². The van der Waals surface area contributed by atoms with Crippen molar-refractivity contribution in [1.29, 1.82) is 0 Å². The van der Waals surface area contributed by atoms with E-state index in [1.807, 2.05) is 67.2 Å². The number of aromatic nitrogens is 3. The SMILES string of the molecule is C=CCn1c(-c2ccc3ccccc3c2)csc1=Nc1c(C)n(C)n(-c2ccccc2)c1=O. The molecule has 0 saturated carbocycles. The van der Waals surface area contributed by atoms with E-state index in [1.54, 1.807) is 4.68 Å². The number of benzene rings is 3. The maximum atomic E-state index is 13.3. The second-order valence-electron chi connectivity index (χ2n) is 7.89. The quantitative estimate of drug-likeness (QED) is 0.321. The number of thiazole rings is 1. The minimum Gasteiger partial charge on any atom is -0.313 e. The summed E-state index contributed by atoms with van der Waals surface area (Å²) >= 11 is 1.53. The number of fused-ring (bicyclic) bond motifs is 1. The Morgan fingerprint density at radius 1 is 1.00 bits per heavy atom. The van der Waals surface area contributed by atoms with Gasteiger partial charge in [0.1, 0.15) is 0 Å². The lowest BCUT2D eigenvalue weighted by molar-refractivity contribution is 0.630. The van der Waals surface area contributed by atoms with E-state index in [4.69, 9.17) is 4.99 Å². The van der Waals surface area contributed by atoms with Crippen molar-refractivity contribution >= 4 is 27.8 Å². The molecule has 0 N–H and O–H groups in total. The predicted octanol–water partition coefficient (Wildman–Crippen LogP) is 5.59. The topological polar surface area (TPSA) is 44.2 Å². The minimum atomic E-state index is -0.132. The van der Waals surface area contributed by atoms with Gasteiger partial charge in [-0.2, -0.15) is 0 Å². The molecule has 164 valence electrons. The Morgan fingerprint density at radius 2 is 1.73 bits per heavy atom. The zero-order valence-corrected chi connectivity index (χ0v) is 19.4. The smallest absolute Gasteiger partial charge is 0.297 e. The van der Waals surface area contributed by atoms with Gasteiger partial charge < -0.3 is 4.57 Å². The van der Waals surface area contributed by atoms with Crippen LogP contribution in [-0.4, -0.2) is 13.9 Å². The molecule has 0 bridgehead atoms. The summed E-state index contributed by atoms with van der Waals surface area (Å²) in [7, 11) is 1.88. The Kier molecular flexibility index (Phi) is 5.44. The number of hydrogen-bond donors (Lipinski definition) is 0. The fourth-order valence-corrected chi connectivity index (χ4v) is 5.01. The van der Waals surface area contributed by atoms with Crippen molar-refractivity contribution in [3.63, 3.8) is 0 Å². The van der Waals surface area contributed by atoms with Crippen molar-refractivity contribution in [2.45, 2.75) is 13.5 Å². The fraction of sp³-hybridized carbons (Fsp3) is 0.111. The first kappa shape index (κ1) is 21.0. The molecule has 6 heteroatoms. The summed E-state index contributed by atoms with van der Waals surface area (Å²) in [6.45, 7) is 6.46. The van der Waals surface area contributed by atoms with Gasteiger partial charge in [0.05, 0.1) is 17.1 Å². The lowest BCUT2D eigenvalue weighted by atomic mass is 10.1. The van der Waals surface area contributed by atoms with E-state index in [1.165, 1.54) is 22.1 Å². The molecule has 0 aliphatic rings. The normalized spacial score (nSPS) is 11.9. The number of allylic oxidation sites excluding steroid dienone is 1. The van der Waals surface area contributed by atoms with Gasteiger partial charge in [-0.3, -0.25) is 9.48 Å². The van der Waals surface area contributed by atoms with Crippen molar-refractivity contribution in [3.05, 3.63) is 112 Å². The third-order valence-corrected chi connectivity index (χ3v) is 6.75. The fourth-order valence-electron chi connectivity index (χ4n) is 4.08. The Morgan fingerprint density at radius 3 is 2.48 bits per heavy atom. The van der Waals surface area contributed by atoms with E-state index < -0.39 is 0 Å². The zero-order chi connectivity index (χ0) is 22.9. The van der Waals surface area contributed by atoms with Crippen LogP contribution in [0.1, 0.15) is 5.69 Å². The van der Waals surface area contributed by atoms with Crippen LogP contribution in [0, 0.1) is 6.92 Å². The van der Waals surface area contributed by atoms with Crippen molar-refractivity contribution < 1.29 is 0 Å². The van der Waals surface area contributed by atoms with Gasteiger partial charge in [-0.1, -0.05) is 60.7 Å². The summed E-state index contributed by atoms with van der Waals surface area (Å²) in [5.74, 6) is 0. The average molecular weight is 453 g/mol. The van der Waals surface area contributed by atoms with Crippen LogP contribution in [0.2, 0.25) is 0 Å². The van der Waals surface area contributed by atoms with E-state index in [9.17, 15) is 4.79 Å². The molecule has 2 heterocycles. The Labute approximate surface area is 195 Å². The molecule has 0 unspecified atom stereocenters. The first-order valence-electron chi connectivity index (χ1n) is 10.8. The molecule has 5 rings (SSSR count). The van der Waals surface area contributed by atoms with E-state index >= 15 is 0 Å². The van der Waals surface area contributed by atoms with E-state index in [0.29, 0.717) is 12.2 Å². The van der Waals surface area contributed by atoms with Crippen molar-refractivity contribution in [2.24, 2.45) is 12.0 Å². The second kappa shape index (κ2) is 8.56. The molecule has 2 aromatic heterocycles. The average Bonchev–Trinajstić information content (AvgIpc) is 3.33. The van der Waals surface area contributed by atoms with Crippen LogP contribution in [-0.2, 0) is 13.6 Å². The highest BCUT2D eigenvalue weighted by Crippen LogP contribution is 2.25. The van der Waals surface area contributed by atoms with Crippen LogP contribution >= 0.6 is 11.3 Å². The zero-order valence-electron chi connectivity index (χ0n) is 18.6. The van der Waals surface area contributed by atoms with Gasteiger partial charge in [0.15, 0.2) is 10.5 Å². The number of hydrogen-bond acceptors (Lipinski definition) is 3. The molecular weight excluding hydrogens is 428 g/mol. The largest absolute Gasteiger partial charge is 0.313 e. The molecule has 0 spiro atoms. The molecule has 0 fully saturated rings. The highest BCUT2D eigenvalue weighted by atomic mass is 32.1. The molecule has 0 aliphatic heterocycles. The van der Waals surface area contributed by atoms with Crippen molar-refractivity contribution in [3.8, 4) is 16.9 Å². The van der Waals surface area contributed by atoms with Crippen LogP contribution in [0.25, 0.3) is 27.7 Å². The van der Waals surface area contributed by atoms with Gasteiger partial charge in [0, 0.05) is 19.0 Å². The predicted molar refractivity (Wildman–Crippen MR) is 136 cm³/mol. The maximum Gasteiger partial charge on any atom is 0.297 e. The van der Waals surface area contributed by atoms with Gasteiger partial charge >= 0.3 is 0 Å². The highest BCUT2D eigenvalue weighted by Gasteiger charge is 2.16. The molecule has 5 nitrogen and oxygen atoms in total. The second-order valence-corrected chi connectivity index (χ2v) is 8.72. The molecule has 0 saturated heterocycles. The summed E-state index contributed by atoms with van der Waals surface area (Å²) in [6, 6.07) is 24.4. The number of para-hydroxylation sites is 1. The maximum absolute atomic E-state index is 13.3. The van der Waals surface area contributed by atoms with Crippen LogP contribution < -0.4 is 10.4 Å².